The van der Waals surface area contributed by atoms with Crippen LogP contribution in [0.5, 0.6) is 0 Å². The lowest BCUT2D eigenvalue weighted by Gasteiger charge is -2.35. The van der Waals surface area contributed by atoms with Gasteiger partial charge in [-0.1, -0.05) is 0 Å². The summed E-state index contributed by atoms with van der Waals surface area (Å²) in [5.74, 6) is -0.950. The van der Waals surface area contributed by atoms with Gasteiger partial charge in [-0.25, -0.2) is 23.4 Å². The van der Waals surface area contributed by atoms with Crippen LogP contribution >= 0.6 is 0 Å². The lowest BCUT2D eigenvalue weighted by Crippen LogP contribution is -2.48. The van der Waals surface area contributed by atoms with Gasteiger partial charge in [-0.2, -0.15) is 0 Å². The van der Waals surface area contributed by atoms with Crippen LogP contribution in [0.15, 0.2) is 87.6 Å². The van der Waals surface area contributed by atoms with E-state index in [1.165, 1.54) is 128 Å². The van der Waals surface area contributed by atoms with Gasteiger partial charge in [-0.15, -0.1) is 0 Å². The maximum atomic E-state index is 13.6. The van der Waals surface area contributed by atoms with E-state index in [2.05, 4.69) is 160 Å². The molecule has 0 unspecified atom stereocenters. The van der Waals surface area contributed by atoms with Gasteiger partial charge in [0.1, 0.15) is 44.0 Å². The van der Waals surface area contributed by atoms with Crippen molar-refractivity contribution < 1.29 is 52.5 Å². The van der Waals surface area contributed by atoms with Crippen molar-refractivity contribution in [2.75, 3.05) is 114 Å². The molecule has 18 rings (SSSR count). The number of H-pyrrole nitrogens is 6. The molecule has 12 aromatic rings. The number of imide groups is 3. The first-order chi connectivity index (χ1) is 65.8. The third-order valence-corrected chi connectivity index (χ3v) is 31.5. The van der Waals surface area contributed by atoms with Crippen molar-refractivity contribution in [2.45, 2.75) is 198 Å². The summed E-state index contributed by atoms with van der Waals surface area (Å²) < 4.78 is 23.1. The van der Waals surface area contributed by atoms with Crippen LogP contribution in [0, 0.1) is 104 Å². The topological polar surface area (TPSA) is 437 Å². The van der Waals surface area contributed by atoms with Crippen LogP contribution in [-0.2, 0) is 29.1 Å². The molecule has 0 saturated carbocycles. The van der Waals surface area contributed by atoms with Crippen molar-refractivity contribution in [3.05, 3.63) is 238 Å². The minimum atomic E-state index is -3.07. The van der Waals surface area contributed by atoms with E-state index < -0.39 is 9.84 Å². The highest BCUT2D eigenvalue weighted by Crippen LogP contribution is 2.40. The van der Waals surface area contributed by atoms with E-state index in [-0.39, 0.29) is 136 Å². The number of nitrogens with one attached hydrogen (secondary N) is 9. The van der Waals surface area contributed by atoms with Gasteiger partial charge in [-0.05, 0) is 363 Å². The monoisotopic (exact) mass is 1890 g/mol. The third-order valence-electron chi connectivity index (χ3n) is 30.6. The molecule has 0 aliphatic carbocycles. The second-order valence-electron chi connectivity index (χ2n) is 38.6. The number of pyridine rings is 3. The van der Waals surface area contributed by atoms with E-state index in [0.717, 1.165) is 57.5 Å². The molecule has 33 heteroatoms. The highest BCUT2D eigenvalue weighted by molar-refractivity contribution is 7.90. The Kier molecular flexibility index (Phi) is 28.4. The summed E-state index contributed by atoms with van der Waals surface area (Å²) in [5, 5.41) is 41.4. The number of amides is 6. The molecule has 3 saturated heterocycles. The molecular weight excluding hydrogens is 1770 g/mol. The molecule has 6 aliphatic rings. The normalized spacial score (nSPS) is 16.3. The second-order valence-corrected chi connectivity index (χ2v) is 40.9. The zero-order valence-electron chi connectivity index (χ0n) is 81.8. The molecular formula is C105H126N18O14S. The largest absolute Gasteiger partial charge is 0.394 e. The van der Waals surface area contributed by atoms with Crippen LogP contribution in [0.3, 0.4) is 0 Å². The number of sulfone groups is 1. The number of aromatic amines is 6. The van der Waals surface area contributed by atoms with Gasteiger partial charge in [0.15, 0.2) is 0 Å². The van der Waals surface area contributed by atoms with Gasteiger partial charge < -0.3 is 75.9 Å². The Hall–Kier alpha value is -12.9. The zero-order valence-corrected chi connectivity index (χ0v) is 82.7. The number of rotatable bonds is 27. The Balaban J connectivity index is 0.000000150. The number of aliphatic hydroxyl groups excluding tert-OH is 3. The predicted molar refractivity (Wildman–Crippen MR) is 538 cm³/mol. The summed E-state index contributed by atoms with van der Waals surface area (Å²) in [7, 11) is -1.03. The van der Waals surface area contributed by atoms with Crippen molar-refractivity contribution in [3.8, 4) is 34.2 Å². The van der Waals surface area contributed by atoms with Crippen molar-refractivity contribution in [1.82, 2.24) is 74.3 Å². The average Bonchev–Trinajstić information content (AvgIpc) is 1.60. The van der Waals surface area contributed by atoms with Crippen LogP contribution in [0.25, 0.3) is 67.3 Å². The Morgan fingerprint density at radius 3 is 0.971 bits per heavy atom. The van der Waals surface area contributed by atoms with Crippen LogP contribution in [-0.4, -0.2) is 261 Å². The number of carbonyl (C=O) groups is 6. The number of aromatic nitrogens is 9. The first-order valence-corrected chi connectivity index (χ1v) is 49.8. The Bertz CT molecular complexity index is 6970. The Morgan fingerprint density at radius 2 is 0.659 bits per heavy atom. The maximum Gasteiger partial charge on any atom is 0.261 e. The van der Waals surface area contributed by atoms with E-state index in [4.69, 9.17) is 15.0 Å². The van der Waals surface area contributed by atoms with E-state index in [9.17, 15) is 66.9 Å². The summed E-state index contributed by atoms with van der Waals surface area (Å²) in [6, 6.07) is 13.6. The molecule has 3 fully saturated rings. The first kappa shape index (κ1) is 98.2. The minimum Gasteiger partial charge on any atom is -0.394 e. The number of likely N-dealkylation sites (tertiary alicyclic amines) is 3. The molecule has 12 heterocycles. The molecule has 6 amide bonds. The molecule has 0 bridgehead atoms. The fourth-order valence-electron chi connectivity index (χ4n) is 21.0. The van der Waals surface area contributed by atoms with Crippen LogP contribution < -0.4 is 32.6 Å². The molecule has 32 nitrogen and oxygen atoms in total. The SMILES string of the molecule is Cc1c(C)c(C)c(C[C@H](CO)Nc2cc[nH]c(=O)c2-c2nc3cc4c(cc3[nH]2)C(=O)N(C2CCN(C)CC2)C4=O)c(C)c1C.Cc1c(C)c(C)c(C[C@H](CO)Nc2cc[nH]c(=O)c2-c2nc3cc4c(cc3[nH]2)C(=O)N(C2CCN(CCS(C)(=O)=O)CC2)C4=O)c(C)c1C.Cc1c(C)c(C)c(C[C@H](CO)Nc2cc[nH]c(=O)c2-c2nc3cc4c(cc3[nH]2)C(=O)N(CCCN2CCCC2)C4=O)c(C)c1C. The predicted octanol–water partition coefficient (Wildman–Crippen LogP) is 12.3. The van der Waals surface area contributed by atoms with Crippen LogP contribution in [0.2, 0.25) is 0 Å². The molecule has 6 aromatic heterocycles. The number of nitrogens with zero attached hydrogens (tertiary/aromatic N) is 9. The fourth-order valence-corrected chi connectivity index (χ4v) is 21.6. The number of carbonyl (C=O) groups excluding carboxylic acids is 6. The highest BCUT2D eigenvalue weighted by atomic mass is 32.2. The van der Waals surface area contributed by atoms with Gasteiger partial charge in [0.25, 0.3) is 52.1 Å². The first-order valence-electron chi connectivity index (χ1n) is 47.8. The smallest absolute Gasteiger partial charge is 0.261 e. The molecule has 12 N–H and O–H groups in total. The lowest BCUT2D eigenvalue weighted by atomic mass is 9.87. The highest BCUT2D eigenvalue weighted by Gasteiger charge is 2.45. The van der Waals surface area contributed by atoms with Crippen molar-refractivity contribution in [3.63, 3.8) is 0 Å². The lowest BCUT2D eigenvalue weighted by molar-refractivity contribution is 0.0496. The van der Waals surface area contributed by atoms with Crippen LogP contribution in [0.4, 0.5) is 17.1 Å². The number of hydrogen-bond acceptors (Lipinski definition) is 23. The van der Waals surface area contributed by atoms with Gasteiger partial charge in [0.2, 0.25) is 0 Å². The maximum absolute atomic E-state index is 13.6. The van der Waals surface area contributed by atoms with Gasteiger partial charge in [-0.3, -0.25) is 57.9 Å². The second kappa shape index (κ2) is 39.9. The number of benzene rings is 6. The molecule has 726 valence electrons. The van der Waals surface area contributed by atoms with E-state index in [0.29, 0.717) is 148 Å². The molecule has 0 radical (unpaired) electrons. The number of hydrogen-bond donors (Lipinski definition) is 12. The zero-order chi connectivity index (χ0) is 98.8. The molecule has 138 heavy (non-hydrogen) atoms. The van der Waals surface area contributed by atoms with E-state index >= 15 is 0 Å². The summed E-state index contributed by atoms with van der Waals surface area (Å²) in [6.45, 7) is 38.1. The Morgan fingerprint density at radius 1 is 0.377 bits per heavy atom. The van der Waals surface area contributed by atoms with E-state index in [1.54, 1.807) is 73.2 Å². The average molecular weight is 1900 g/mol. The number of imidazole rings is 3. The van der Waals surface area contributed by atoms with E-state index in [1.807, 2.05) is 11.9 Å². The summed E-state index contributed by atoms with van der Waals surface area (Å²) in [6.07, 6.45) is 13.4. The summed E-state index contributed by atoms with van der Waals surface area (Å²) >= 11 is 0. The molecule has 6 aliphatic heterocycles. The van der Waals surface area contributed by atoms with Crippen molar-refractivity contribution in [1.29, 1.82) is 0 Å². The quantitative estimate of drug-likeness (QED) is 0.0213. The van der Waals surface area contributed by atoms with Gasteiger partial charge >= 0.3 is 0 Å². The van der Waals surface area contributed by atoms with Gasteiger partial charge in [0, 0.05) is 63.1 Å². The molecule has 6 aromatic carbocycles. The summed E-state index contributed by atoms with van der Waals surface area (Å²) in [4.78, 5) is 163. The number of anilines is 3. The van der Waals surface area contributed by atoms with Crippen molar-refractivity contribution in [2.24, 2.45) is 0 Å². The van der Waals surface area contributed by atoms with Crippen LogP contribution in [0.1, 0.15) is 207 Å². The number of aliphatic hydroxyl groups is 3. The standard InChI is InChI=1S/C36H44N6O6S.C35H42N6O4.C34H40N6O4/c1-19-20(2)22(4)26(23(5)21(19)3)15-24(18-43)38-29-7-10-37-34(44)32(29)33-39-30-16-27-28(17-31(30)40-33)36(46)42(35(27)45)25-8-11-41(12-9-25)13-14-49(6,47)48;1-19-20(2)22(4)25(23(5)21(19)3)15-24(18-42)37-28-9-10-36-33(43)31(28)32-38-29-16-26-27(17-30(29)39-32)35(45)41(34(26)44)14-8-13-40-11-6-7-12-40;1-17-18(2)20(4)24(21(5)19(17)3)13-22(16-41)36-27-7-10-35-32(42)30(27)31-37-28-14-25-26(15-29(28)38-31)34(44)40(33(25)43)23-8-11-39(6)12-9-23/h7,10,16-17,24-25,43H,8-9,11-15,18H2,1-6H3,(H,39,40)(H2,37,38,44);9-10,16-17,24,42H,6-8,11-15,18H2,1-5H3,(H,38,39)(H2,36,37,43);7,10,14-15,22-23,41H,8-9,11-13,16H2,1-6H3,(H,37,38)(H2,35,36,42)/t2*24-;22-/m111/s1. The number of piperidine rings is 2. The third kappa shape index (κ3) is 19.1. The molecule has 0 spiro atoms. The summed E-state index contributed by atoms with van der Waals surface area (Å²) in [5.41, 5.74) is 28.3. The molecule has 3 atom stereocenters. The minimum absolute atomic E-state index is 0.0758. The Labute approximate surface area is 801 Å². The van der Waals surface area contributed by atoms with Crippen molar-refractivity contribution >= 4 is 95.4 Å². The fraction of sp³-hybridized carbons (Fsp3) is 0.429. The number of fused-ring (bicyclic) bond motifs is 6. The van der Waals surface area contributed by atoms with Gasteiger partial charge in [0.05, 0.1) is 127 Å².